The number of nitrogens with zero attached hydrogens (tertiary/aromatic N) is 1. The Morgan fingerprint density at radius 1 is 1.00 bits per heavy atom. The van der Waals surface area contributed by atoms with Crippen molar-refractivity contribution in [2.45, 2.75) is 31.3 Å². The Balaban J connectivity index is 1.38. The maximum absolute atomic E-state index is 14.0. The molecule has 4 atom stereocenters. The van der Waals surface area contributed by atoms with Crippen molar-refractivity contribution in [1.29, 1.82) is 0 Å². The zero-order valence-corrected chi connectivity index (χ0v) is 23.3. The van der Waals surface area contributed by atoms with Gasteiger partial charge in [0.15, 0.2) is 0 Å². The summed E-state index contributed by atoms with van der Waals surface area (Å²) in [6, 6.07) is 23.9. The molecule has 8 heteroatoms. The van der Waals surface area contributed by atoms with E-state index < -0.39 is 35.3 Å². The summed E-state index contributed by atoms with van der Waals surface area (Å²) < 4.78 is 5.73. The maximum atomic E-state index is 14.0. The minimum Gasteiger partial charge on any atom is -0.494 e. The van der Waals surface area contributed by atoms with Crippen LogP contribution in [0.25, 0.3) is 17.0 Å². The number of amides is 2. The molecule has 2 saturated heterocycles. The summed E-state index contributed by atoms with van der Waals surface area (Å²) in [5.41, 5.74) is 1.64. The number of aromatic amines is 1. The average Bonchev–Trinajstić information content (AvgIpc) is 3.65. The number of ether oxygens (including phenoxy) is 1. The highest BCUT2D eigenvalue weighted by Crippen LogP contribution is 2.50. The molecule has 0 spiro atoms. The van der Waals surface area contributed by atoms with Crippen LogP contribution < -0.4 is 10.1 Å². The Labute approximate surface area is 244 Å². The van der Waals surface area contributed by atoms with E-state index >= 15 is 0 Å². The number of para-hydroxylation sites is 1. The number of fused-ring (bicyclic) bond motifs is 2. The highest BCUT2D eigenvalue weighted by atomic mass is 16.5. The normalized spacial score (nSPS) is 23.6. The van der Waals surface area contributed by atoms with Crippen molar-refractivity contribution in [3.05, 3.63) is 108 Å². The lowest BCUT2D eigenvalue weighted by Gasteiger charge is -2.31. The first-order chi connectivity index (χ1) is 20.4. The molecule has 0 radical (unpaired) electrons. The van der Waals surface area contributed by atoms with E-state index in [0.29, 0.717) is 12.4 Å². The lowest BCUT2D eigenvalue weighted by Crippen LogP contribution is -2.57. The SMILES string of the molecule is CCCOc1ccc(C2NC(Cc3c[nH]c4ccccc34)(C(=O)O)C3C(=O)N(CC=Cc4ccccc4)C(=O)C23)cc1. The fourth-order valence-electron chi connectivity index (χ4n) is 6.39. The second-order valence-electron chi connectivity index (χ2n) is 11.0. The van der Waals surface area contributed by atoms with Crippen LogP contribution in [0.3, 0.4) is 0 Å². The zero-order valence-electron chi connectivity index (χ0n) is 23.3. The first-order valence-corrected chi connectivity index (χ1v) is 14.3. The Hall–Kier alpha value is -4.69. The molecular formula is C34H33N3O5. The summed E-state index contributed by atoms with van der Waals surface area (Å²) in [7, 11) is 0. The van der Waals surface area contributed by atoms with Gasteiger partial charge in [0.1, 0.15) is 11.3 Å². The van der Waals surface area contributed by atoms with Crippen molar-refractivity contribution in [3.63, 3.8) is 0 Å². The van der Waals surface area contributed by atoms with E-state index in [1.165, 1.54) is 4.90 Å². The molecule has 214 valence electrons. The Morgan fingerprint density at radius 3 is 2.48 bits per heavy atom. The van der Waals surface area contributed by atoms with E-state index in [2.05, 4.69) is 10.3 Å². The van der Waals surface area contributed by atoms with Crippen molar-refractivity contribution in [3.8, 4) is 5.75 Å². The number of aliphatic carboxylic acids is 1. The second-order valence-corrected chi connectivity index (χ2v) is 11.0. The van der Waals surface area contributed by atoms with E-state index in [-0.39, 0.29) is 18.9 Å². The molecule has 8 nitrogen and oxygen atoms in total. The van der Waals surface area contributed by atoms with Crippen LogP contribution in [0.4, 0.5) is 0 Å². The quantitative estimate of drug-likeness (QED) is 0.235. The van der Waals surface area contributed by atoms with Gasteiger partial charge in [0.25, 0.3) is 0 Å². The van der Waals surface area contributed by atoms with Gasteiger partial charge in [-0.05, 0) is 41.3 Å². The summed E-state index contributed by atoms with van der Waals surface area (Å²) in [5, 5.41) is 15.0. The minimum atomic E-state index is -1.69. The van der Waals surface area contributed by atoms with Gasteiger partial charge in [0, 0.05) is 36.1 Å². The monoisotopic (exact) mass is 563 g/mol. The Kier molecular flexibility index (Phi) is 7.39. The van der Waals surface area contributed by atoms with Gasteiger partial charge in [-0.3, -0.25) is 24.6 Å². The number of carbonyl (C=O) groups excluding carboxylic acids is 2. The molecule has 4 unspecified atom stereocenters. The standard InChI is InChI=1S/C34H33N3O5/c1-2-19-42-25-16-14-23(15-17-25)30-28-29(32(39)37(31(28)38)18-8-11-22-9-4-3-5-10-22)34(36-30,33(40)41)20-24-21-35-27-13-7-6-12-26(24)27/h3-17,21,28-30,35-36H,2,18-20H2,1H3,(H,40,41). The number of carboxylic acids is 1. The first-order valence-electron chi connectivity index (χ1n) is 14.3. The average molecular weight is 564 g/mol. The minimum absolute atomic E-state index is 0.0361. The van der Waals surface area contributed by atoms with Crippen LogP contribution in [0.1, 0.15) is 36.1 Å². The number of carbonyl (C=O) groups is 3. The summed E-state index contributed by atoms with van der Waals surface area (Å²) in [5.74, 6) is -3.25. The number of aromatic nitrogens is 1. The molecule has 2 aliphatic rings. The highest BCUT2D eigenvalue weighted by Gasteiger charge is 2.68. The van der Waals surface area contributed by atoms with Gasteiger partial charge in [-0.1, -0.05) is 79.7 Å². The zero-order chi connectivity index (χ0) is 29.3. The van der Waals surface area contributed by atoms with Crippen molar-refractivity contribution in [2.75, 3.05) is 13.2 Å². The lowest BCUT2D eigenvalue weighted by molar-refractivity contribution is -0.151. The molecule has 3 heterocycles. The van der Waals surface area contributed by atoms with Crippen molar-refractivity contribution in [2.24, 2.45) is 11.8 Å². The van der Waals surface area contributed by atoms with Crippen LogP contribution in [0.5, 0.6) is 5.75 Å². The third-order valence-corrected chi connectivity index (χ3v) is 8.38. The molecular weight excluding hydrogens is 530 g/mol. The number of nitrogens with one attached hydrogen (secondary N) is 2. The van der Waals surface area contributed by atoms with E-state index in [9.17, 15) is 19.5 Å². The topological polar surface area (TPSA) is 112 Å². The van der Waals surface area contributed by atoms with Crippen LogP contribution in [0, 0.1) is 11.8 Å². The predicted octanol–water partition coefficient (Wildman–Crippen LogP) is 4.98. The first kappa shape index (κ1) is 27.5. The number of H-pyrrole nitrogens is 1. The fourth-order valence-corrected chi connectivity index (χ4v) is 6.39. The Bertz CT molecular complexity index is 1640. The molecule has 6 rings (SSSR count). The molecule has 2 amide bonds. The number of rotatable bonds is 10. The van der Waals surface area contributed by atoms with Gasteiger partial charge < -0.3 is 14.8 Å². The van der Waals surface area contributed by atoms with Crippen molar-refractivity contribution < 1.29 is 24.2 Å². The van der Waals surface area contributed by atoms with E-state index in [1.54, 1.807) is 12.3 Å². The fraction of sp³-hybridized carbons (Fsp3) is 0.265. The molecule has 42 heavy (non-hydrogen) atoms. The number of hydrogen-bond donors (Lipinski definition) is 3. The van der Waals surface area contributed by atoms with E-state index in [0.717, 1.165) is 34.0 Å². The van der Waals surface area contributed by atoms with Crippen LogP contribution in [0.2, 0.25) is 0 Å². The van der Waals surface area contributed by atoms with Gasteiger partial charge in [0.2, 0.25) is 11.8 Å². The largest absolute Gasteiger partial charge is 0.494 e. The molecule has 0 bridgehead atoms. The second kappa shape index (κ2) is 11.3. The molecule has 1 aromatic heterocycles. The number of hydrogen-bond acceptors (Lipinski definition) is 5. The molecule has 3 N–H and O–H groups in total. The van der Waals surface area contributed by atoms with Gasteiger partial charge in [-0.2, -0.15) is 0 Å². The number of benzene rings is 3. The third kappa shape index (κ3) is 4.77. The molecule has 2 aliphatic heterocycles. The summed E-state index contributed by atoms with van der Waals surface area (Å²) >= 11 is 0. The highest BCUT2D eigenvalue weighted by molar-refractivity contribution is 6.09. The molecule has 0 saturated carbocycles. The van der Waals surface area contributed by atoms with Gasteiger partial charge in [-0.25, -0.2) is 0 Å². The van der Waals surface area contributed by atoms with Crippen molar-refractivity contribution in [1.82, 2.24) is 15.2 Å². The molecule has 4 aromatic rings. The lowest BCUT2D eigenvalue weighted by atomic mass is 9.76. The predicted molar refractivity (Wildman–Crippen MR) is 160 cm³/mol. The van der Waals surface area contributed by atoms with Crippen molar-refractivity contribution >= 4 is 34.8 Å². The Morgan fingerprint density at radius 2 is 1.74 bits per heavy atom. The number of carboxylic acid groups (broad SMARTS) is 1. The molecule has 3 aromatic carbocycles. The summed E-state index contributed by atoms with van der Waals surface area (Å²) in [4.78, 5) is 45.7. The van der Waals surface area contributed by atoms with Crippen LogP contribution in [-0.4, -0.2) is 51.5 Å². The number of imide groups is 1. The third-order valence-electron chi connectivity index (χ3n) is 8.38. The number of likely N-dealkylation sites (tertiary alicyclic amines) is 1. The van der Waals surface area contributed by atoms with E-state index in [4.69, 9.17) is 4.74 Å². The summed E-state index contributed by atoms with van der Waals surface area (Å²) in [6.07, 6.45) is 6.33. The maximum Gasteiger partial charge on any atom is 0.325 e. The van der Waals surface area contributed by atoms with Crippen LogP contribution >= 0.6 is 0 Å². The van der Waals surface area contributed by atoms with Gasteiger partial charge >= 0.3 is 5.97 Å². The molecule has 0 aliphatic carbocycles. The van der Waals surface area contributed by atoms with Crippen LogP contribution in [-0.2, 0) is 20.8 Å². The molecule has 2 fully saturated rings. The van der Waals surface area contributed by atoms with E-state index in [1.807, 2.05) is 91.9 Å². The smallest absolute Gasteiger partial charge is 0.325 e. The van der Waals surface area contributed by atoms with Gasteiger partial charge in [-0.15, -0.1) is 0 Å². The van der Waals surface area contributed by atoms with Crippen LogP contribution in [0.15, 0.2) is 91.1 Å². The van der Waals surface area contributed by atoms with Gasteiger partial charge in [0.05, 0.1) is 18.4 Å². The summed E-state index contributed by atoms with van der Waals surface area (Å²) in [6.45, 7) is 2.68.